The van der Waals surface area contributed by atoms with Crippen molar-refractivity contribution in [3.63, 3.8) is 0 Å². The second kappa shape index (κ2) is 9.12. The zero-order valence-corrected chi connectivity index (χ0v) is 16.2. The third kappa shape index (κ3) is 4.81. The van der Waals surface area contributed by atoms with Gasteiger partial charge < -0.3 is 20.1 Å². The largest absolute Gasteiger partial charge is 0.486 e. The zero-order chi connectivity index (χ0) is 18.4. The maximum absolute atomic E-state index is 5.98. The molecule has 1 aromatic carbocycles. The number of benzene rings is 1. The maximum Gasteiger partial charge on any atom is 0.191 e. The average Bonchev–Trinajstić information content (AvgIpc) is 2.68. The molecule has 0 saturated carbocycles. The molecule has 0 radical (unpaired) electrons. The first-order valence-corrected chi connectivity index (χ1v) is 9.76. The molecule has 3 atom stereocenters. The van der Waals surface area contributed by atoms with Crippen LogP contribution in [0.25, 0.3) is 0 Å². The number of likely N-dealkylation sites (tertiary alicyclic amines) is 1. The van der Waals surface area contributed by atoms with Crippen LogP contribution < -0.4 is 20.1 Å². The van der Waals surface area contributed by atoms with E-state index in [4.69, 9.17) is 9.47 Å². The number of aliphatic imine (C=N–C) groups is 1. The van der Waals surface area contributed by atoms with Gasteiger partial charge in [0.1, 0.15) is 12.7 Å². The molecule has 0 aromatic heterocycles. The Hall–Kier alpha value is -1.95. The number of piperidine rings is 1. The van der Waals surface area contributed by atoms with Crippen molar-refractivity contribution in [2.24, 2.45) is 4.99 Å². The van der Waals surface area contributed by atoms with Crippen molar-refractivity contribution in [3.8, 4) is 11.5 Å². The van der Waals surface area contributed by atoms with E-state index >= 15 is 0 Å². The molecule has 2 aliphatic heterocycles. The predicted molar refractivity (Wildman–Crippen MR) is 105 cm³/mol. The summed E-state index contributed by atoms with van der Waals surface area (Å²) in [6.07, 6.45) is 3.94. The third-order valence-corrected chi connectivity index (χ3v) is 5.27. The fourth-order valence-corrected chi connectivity index (χ4v) is 3.73. The van der Waals surface area contributed by atoms with Gasteiger partial charge in [-0.2, -0.15) is 0 Å². The minimum absolute atomic E-state index is 0.0250. The molecule has 3 rings (SSSR count). The van der Waals surface area contributed by atoms with Crippen molar-refractivity contribution < 1.29 is 9.47 Å². The second-order valence-electron chi connectivity index (χ2n) is 7.26. The molecule has 0 aliphatic carbocycles. The summed E-state index contributed by atoms with van der Waals surface area (Å²) in [4.78, 5) is 6.93. The van der Waals surface area contributed by atoms with Gasteiger partial charge >= 0.3 is 0 Å². The van der Waals surface area contributed by atoms with Crippen LogP contribution in [0.3, 0.4) is 0 Å². The molecular formula is C20H32N4O2. The average molecular weight is 361 g/mol. The lowest BCUT2D eigenvalue weighted by molar-refractivity contribution is 0.0934. The van der Waals surface area contributed by atoms with E-state index in [9.17, 15) is 0 Å². The maximum atomic E-state index is 5.98. The molecular weight excluding hydrogens is 328 g/mol. The van der Waals surface area contributed by atoms with Crippen LogP contribution in [-0.2, 0) is 0 Å². The van der Waals surface area contributed by atoms with Gasteiger partial charge in [-0.15, -0.1) is 0 Å². The quantitative estimate of drug-likeness (QED) is 0.623. The number of rotatable bonds is 5. The molecule has 26 heavy (non-hydrogen) atoms. The third-order valence-electron chi connectivity index (χ3n) is 5.27. The number of nitrogens with one attached hydrogen (secondary N) is 2. The van der Waals surface area contributed by atoms with Gasteiger partial charge in [0.25, 0.3) is 0 Å². The summed E-state index contributed by atoms with van der Waals surface area (Å²) in [6, 6.07) is 8.95. The lowest BCUT2D eigenvalue weighted by Gasteiger charge is -2.38. The summed E-state index contributed by atoms with van der Waals surface area (Å²) in [6.45, 7) is 7.90. The van der Waals surface area contributed by atoms with E-state index in [1.54, 1.807) is 7.05 Å². The second-order valence-corrected chi connectivity index (χ2v) is 7.26. The van der Waals surface area contributed by atoms with E-state index in [1.165, 1.54) is 25.8 Å². The van der Waals surface area contributed by atoms with Gasteiger partial charge in [0, 0.05) is 25.7 Å². The Kier molecular flexibility index (Phi) is 6.61. The standard InChI is InChI=1S/C20H32N4O2/c1-15-8-6-7-11-24(15)16(2)12-22-20(21-3)23-13-17-14-25-18-9-4-5-10-19(18)26-17/h4-5,9-10,15-17H,6-8,11-14H2,1-3H3,(H2,21,22,23). The van der Waals surface area contributed by atoms with Gasteiger partial charge in [0.2, 0.25) is 0 Å². The van der Waals surface area contributed by atoms with Crippen molar-refractivity contribution >= 4 is 5.96 Å². The summed E-state index contributed by atoms with van der Waals surface area (Å²) in [5.41, 5.74) is 0. The monoisotopic (exact) mass is 360 g/mol. The Morgan fingerprint density at radius 1 is 1.27 bits per heavy atom. The van der Waals surface area contributed by atoms with Gasteiger partial charge in [-0.05, 0) is 45.4 Å². The summed E-state index contributed by atoms with van der Waals surface area (Å²) in [7, 11) is 1.80. The number of para-hydroxylation sites is 2. The number of hydrogen-bond donors (Lipinski definition) is 2. The Labute approximate surface area is 157 Å². The Morgan fingerprint density at radius 2 is 2.08 bits per heavy atom. The van der Waals surface area contributed by atoms with Crippen LogP contribution in [0.4, 0.5) is 0 Å². The molecule has 1 fully saturated rings. The Morgan fingerprint density at radius 3 is 2.85 bits per heavy atom. The number of hydrogen-bond acceptors (Lipinski definition) is 4. The lowest BCUT2D eigenvalue weighted by Crippen LogP contribution is -2.51. The fraction of sp³-hybridized carbons (Fsp3) is 0.650. The van der Waals surface area contributed by atoms with Gasteiger partial charge in [-0.25, -0.2) is 0 Å². The predicted octanol–water partition coefficient (Wildman–Crippen LogP) is 2.25. The first-order chi connectivity index (χ1) is 12.7. The number of fused-ring (bicyclic) bond motifs is 1. The summed E-state index contributed by atoms with van der Waals surface area (Å²) in [5.74, 6) is 2.43. The molecule has 144 valence electrons. The van der Waals surface area contributed by atoms with Gasteiger partial charge in [0.15, 0.2) is 17.5 Å². The molecule has 1 saturated heterocycles. The Balaban J connectivity index is 1.42. The minimum atomic E-state index is -0.0250. The highest BCUT2D eigenvalue weighted by Crippen LogP contribution is 2.30. The van der Waals surface area contributed by atoms with Gasteiger partial charge in [-0.3, -0.25) is 9.89 Å². The normalized spacial score (nSPS) is 24.8. The molecule has 0 bridgehead atoms. The molecule has 0 amide bonds. The highest BCUT2D eigenvalue weighted by atomic mass is 16.6. The first kappa shape index (κ1) is 18.8. The van der Waals surface area contributed by atoms with Crippen molar-refractivity contribution in [2.45, 2.75) is 51.3 Å². The highest BCUT2D eigenvalue weighted by molar-refractivity contribution is 5.79. The van der Waals surface area contributed by atoms with E-state index in [0.29, 0.717) is 25.2 Å². The molecule has 6 heteroatoms. The van der Waals surface area contributed by atoms with Crippen LogP contribution >= 0.6 is 0 Å². The number of nitrogens with zero attached hydrogens (tertiary/aromatic N) is 2. The molecule has 2 heterocycles. The fourth-order valence-electron chi connectivity index (χ4n) is 3.73. The van der Waals surface area contributed by atoms with Crippen molar-refractivity contribution in [1.82, 2.24) is 15.5 Å². The summed E-state index contributed by atoms with van der Waals surface area (Å²) < 4.78 is 11.7. The molecule has 2 aliphatic rings. The van der Waals surface area contributed by atoms with E-state index in [-0.39, 0.29) is 6.10 Å². The van der Waals surface area contributed by atoms with Crippen LogP contribution in [0.5, 0.6) is 11.5 Å². The highest BCUT2D eigenvalue weighted by Gasteiger charge is 2.24. The summed E-state index contributed by atoms with van der Waals surface area (Å²) in [5, 5.41) is 6.80. The van der Waals surface area contributed by atoms with Gasteiger partial charge in [0.05, 0.1) is 6.54 Å². The first-order valence-electron chi connectivity index (χ1n) is 9.76. The molecule has 3 unspecified atom stereocenters. The number of guanidine groups is 1. The zero-order valence-electron chi connectivity index (χ0n) is 16.2. The van der Waals surface area contributed by atoms with Crippen molar-refractivity contribution in [1.29, 1.82) is 0 Å². The number of ether oxygens (including phenoxy) is 2. The summed E-state index contributed by atoms with van der Waals surface area (Å²) >= 11 is 0. The van der Waals surface area contributed by atoms with E-state index in [2.05, 4.69) is 34.4 Å². The Bertz CT molecular complexity index is 607. The van der Waals surface area contributed by atoms with Crippen LogP contribution in [0.1, 0.15) is 33.1 Å². The minimum Gasteiger partial charge on any atom is -0.486 e. The smallest absolute Gasteiger partial charge is 0.191 e. The van der Waals surface area contributed by atoms with Crippen LogP contribution in [-0.4, -0.2) is 62.3 Å². The molecule has 1 aromatic rings. The molecule has 0 spiro atoms. The van der Waals surface area contributed by atoms with Crippen molar-refractivity contribution in [2.75, 3.05) is 33.3 Å². The van der Waals surface area contributed by atoms with E-state index in [1.807, 2.05) is 24.3 Å². The van der Waals surface area contributed by atoms with Crippen LogP contribution in [0.15, 0.2) is 29.3 Å². The van der Waals surface area contributed by atoms with Crippen molar-refractivity contribution in [3.05, 3.63) is 24.3 Å². The van der Waals surface area contributed by atoms with Gasteiger partial charge in [-0.1, -0.05) is 18.6 Å². The molecule has 6 nitrogen and oxygen atoms in total. The van der Waals surface area contributed by atoms with E-state index < -0.39 is 0 Å². The SMILES string of the molecule is CN=C(NCC1COc2ccccc2O1)NCC(C)N1CCCCC1C. The molecule has 2 N–H and O–H groups in total. The van der Waals surface area contributed by atoms with E-state index in [0.717, 1.165) is 24.0 Å². The van der Waals surface area contributed by atoms with Crippen LogP contribution in [0.2, 0.25) is 0 Å². The van der Waals surface area contributed by atoms with Crippen LogP contribution in [0, 0.1) is 0 Å². The lowest BCUT2D eigenvalue weighted by atomic mass is 10.0. The topological polar surface area (TPSA) is 58.1 Å².